The van der Waals surface area contributed by atoms with E-state index in [1.165, 1.54) is 5.56 Å². The van der Waals surface area contributed by atoms with Gasteiger partial charge in [-0.2, -0.15) is 5.10 Å². The summed E-state index contributed by atoms with van der Waals surface area (Å²) in [4.78, 5) is 15.0. The predicted octanol–water partition coefficient (Wildman–Crippen LogP) is 3.42. The Hall–Kier alpha value is -2.93. The Labute approximate surface area is 183 Å². The number of sulfone groups is 1. The van der Waals surface area contributed by atoms with Crippen molar-refractivity contribution >= 4 is 15.7 Å². The van der Waals surface area contributed by atoms with E-state index in [1.54, 1.807) is 22.8 Å². The Bertz CT molecular complexity index is 1170. The molecule has 0 aliphatic carbocycles. The number of benzene rings is 2. The maximum absolute atomic E-state index is 13.4. The molecule has 7 heteroatoms. The van der Waals surface area contributed by atoms with Gasteiger partial charge in [0.15, 0.2) is 9.84 Å². The monoisotopic (exact) mass is 437 g/mol. The molecule has 1 atom stereocenters. The van der Waals surface area contributed by atoms with E-state index in [2.05, 4.69) is 6.92 Å². The molecule has 0 bridgehead atoms. The molecule has 0 unspecified atom stereocenters. The smallest absolute Gasteiger partial charge is 0.257 e. The molecule has 1 fully saturated rings. The van der Waals surface area contributed by atoms with Gasteiger partial charge in [0, 0.05) is 24.8 Å². The standard InChI is InChI=1S/C24H27N3O3S/c1-3-18-9-11-20(12-10-18)23-22(16-27(25-23)15-19-7-5-4-6-8-19)24(28)26(2)21-13-14-31(29,30)17-21/h4-12,16,21H,3,13-15,17H2,1-2H3/t21-/m0/s1. The van der Waals surface area contributed by atoms with Crippen LogP contribution in [-0.2, 0) is 22.8 Å². The van der Waals surface area contributed by atoms with Crippen LogP contribution in [-0.4, -0.2) is 53.6 Å². The zero-order chi connectivity index (χ0) is 22.0. The molecule has 0 spiro atoms. The first kappa shape index (κ1) is 21.3. The summed E-state index contributed by atoms with van der Waals surface area (Å²) in [6, 6.07) is 17.7. The Morgan fingerprint density at radius 3 is 2.42 bits per heavy atom. The minimum Gasteiger partial charge on any atom is -0.338 e. The Morgan fingerprint density at radius 1 is 1.10 bits per heavy atom. The lowest BCUT2D eigenvalue weighted by molar-refractivity contribution is 0.0748. The quantitative estimate of drug-likeness (QED) is 0.592. The molecule has 1 aromatic heterocycles. The van der Waals surface area contributed by atoms with Gasteiger partial charge in [0.2, 0.25) is 0 Å². The summed E-state index contributed by atoms with van der Waals surface area (Å²) in [6.45, 7) is 2.65. The van der Waals surface area contributed by atoms with Crippen molar-refractivity contribution in [3.05, 3.63) is 77.5 Å². The van der Waals surface area contributed by atoms with Crippen LogP contribution in [0, 0.1) is 0 Å². The summed E-state index contributed by atoms with van der Waals surface area (Å²) >= 11 is 0. The van der Waals surface area contributed by atoms with Gasteiger partial charge in [-0.3, -0.25) is 9.48 Å². The Morgan fingerprint density at radius 2 is 1.81 bits per heavy atom. The summed E-state index contributed by atoms with van der Waals surface area (Å²) in [5.74, 6) is -0.0436. The first-order valence-electron chi connectivity index (χ1n) is 10.5. The Balaban J connectivity index is 1.69. The largest absolute Gasteiger partial charge is 0.338 e. The van der Waals surface area contributed by atoms with Crippen LogP contribution in [0.25, 0.3) is 11.3 Å². The molecular weight excluding hydrogens is 410 g/mol. The van der Waals surface area contributed by atoms with E-state index in [9.17, 15) is 13.2 Å². The van der Waals surface area contributed by atoms with Gasteiger partial charge in [-0.15, -0.1) is 0 Å². The number of aromatic nitrogens is 2. The molecule has 2 aromatic carbocycles. The van der Waals surface area contributed by atoms with Crippen LogP contribution in [0.3, 0.4) is 0 Å². The third-order valence-corrected chi connectivity index (χ3v) is 7.64. The average Bonchev–Trinajstić information content (AvgIpc) is 3.36. The average molecular weight is 438 g/mol. The fourth-order valence-corrected chi connectivity index (χ4v) is 5.75. The van der Waals surface area contributed by atoms with Crippen molar-refractivity contribution < 1.29 is 13.2 Å². The highest BCUT2D eigenvalue weighted by atomic mass is 32.2. The second kappa shape index (κ2) is 8.67. The summed E-state index contributed by atoms with van der Waals surface area (Å²) < 4.78 is 25.6. The number of hydrogen-bond donors (Lipinski definition) is 0. The van der Waals surface area contributed by atoms with Gasteiger partial charge in [-0.05, 0) is 24.0 Å². The van der Waals surface area contributed by atoms with Gasteiger partial charge in [0.05, 0.1) is 23.6 Å². The molecule has 1 amide bonds. The molecule has 0 N–H and O–H groups in total. The molecule has 1 aliphatic rings. The molecule has 6 nitrogen and oxygen atoms in total. The molecule has 1 saturated heterocycles. The van der Waals surface area contributed by atoms with Crippen LogP contribution >= 0.6 is 0 Å². The van der Waals surface area contributed by atoms with Crippen molar-refractivity contribution in [3.63, 3.8) is 0 Å². The minimum absolute atomic E-state index is 0.0217. The van der Waals surface area contributed by atoms with Crippen LogP contribution in [0.4, 0.5) is 0 Å². The van der Waals surface area contributed by atoms with Gasteiger partial charge in [-0.1, -0.05) is 61.5 Å². The van der Waals surface area contributed by atoms with Crippen molar-refractivity contribution in [2.75, 3.05) is 18.6 Å². The van der Waals surface area contributed by atoms with Crippen molar-refractivity contribution in [2.24, 2.45) is 0 Å². The molecular formula is C24H27N3O3S. The zero-order valence-corrected chi connectivity index (χ0v) is 18.7. The third kappa shape index (κ3) is 4.71. The molecule has 4 rings (SSSR count). The lowest BCUT2D eigenvalue weighted by Crippen LogP contribution is -2.37. The van der Waals surface area contributed by atoms with Crippen LogP contribution in [0.1, 0.15) is 34.8 Å². The maximum Gasteiger partial charge on any atom is 0.257 e. The molecule has 162 valence electrons. The van der Waals surface area contributed by atoms with Crippen molar-refractivity contribution in [1.29, 1.82) is 0 Å². The molecule has 31 heavy (non-hydrogen) atoms. The molecule has 0 radical (unpaired) electrons. The van der Waals surface area contributed by atoms with Gasteiger partial charge >= 0.3 is 0 Å². The zero-order valence-electron chi connectivity index (χ0n) is 17.9. The Kier molecular flexibility index (Phi) is 5.96. The second-order valence-electron chi connectivity index (χ2n) is 8.10. The summed E-state index contributed by atoms with van der Waals surface area (Å²) in [7, 11) is -1.39. The van der Waals surface area contributed by atoms with Crippen molar-refractivity contribution in [1.82, 2.24) is 14.7 Å². The molecule has 1 aliphatic heterocycles. The number of nitrogens with zero attached hydrogens (tertiary/aromatic N) is 3. The minimum atomic E-state index is -3.08. The van der Waals surface area contributed by atoms with Gasteiger partial charge in [-0.25, -0.2) is 8.42 Å². The van der Waals surface area contributed by atoms with Crippen LogP contribution in [0.2, 0.25) is 0 Å². The molecule has 3 aromatic rings. The summed E-state index contributed by atoms with van der Waals surface area (Å²) in [5, 5.41) is 4.74. The number of rotatable bonds is 6. The van der Waals surface area contributed by atoms with Gasteiger partial charge in [0.1, 0.15) is 5.69 Å². The summed E-state index contributed by atoms with van der Waals surface area (Å²) in [6.07, 6.45) is 3.19. The maximum atomic E-state index is 13.4. The highest BCUT2D eigenvalue weighted by Gasteiger charge is 2.34. The van der Waals surface area contributed by atoms with Crippen LogP contribution < -0.4 is 0 Å². The van der Waals surface area contributed by atoms with E-state index >= 15 is 0 Å². The molecule has 2 heterocycles. The number of carbonyl (C=O) groups excluding carboxylic acids is 1. The van der Waals surface area contributed by atoms with E-state index < -0.39 is 9.84 Å². The van der Waals surface area contributed by atoms with E-state index in [0.717, 1.165) is 17.5 Å². The van der Waals surface area contributed by atoms with Crippen molar-refractivity contribution in [2.45, 2.75) is 32.4 Å². The van der Waals surface area contributed by atoms with E-state index in [0.29, 0.717) is 24.2 Å². The first-order valence-corrected chi connectivity index (χ1v) is 12.4. The van der Waals surface area contributed by atoms with E-state index in [-0.39, 0.29) is 23.5 Å². The third-order valence-electron chi connectivity index (χ3n) is 5.89. The number of carbonyl (C=O) groups is 1. The first-order chi connectivity index (χ1) is 14.9. The SMILES string of the molecule is CCc1ccc(-c2nn(Cc3ccccc3)cc2C(=O)N(C)[C@H]2CCS(=O)(=O)C2)cc1. The van der Waals surface area contributed by atoms with Crippen LogP contribution in [0.15, 0.2) is 60.8 Å². The van der Waals surface area contributed by atoms with E-state index in [1.807, 2.05) is 54.6 Å². The second-order valence-corrected chi connectivity index (χ2v) is 10.3. The van der Waals surface area contributed by atoms with Crippen molar-refractivity contribution in [3.8, 4) is 11.3 Å². The fraction of sp³-hybridized carbons (Fsp3) is 0.333. The lowest BCUT2D eigenvalue weighted by Gasteiger charge is -2.23. The number of amides is 1. The summed E-state index contributed by atoms with van der Waals surface area (Å²) in [5.41, 5.74) is 4.30. The number of aryl methyl sites for hydroxylation is 1. The topological polar surface area (TPSA) is 72.3 Å². The molecule has 0 saturated carbocycles. The lowest BCUT2D eigenvalue weighted by atomic mass is 10.0. The predicted molar refractivity (Wildman–Crippen MR) is 122 cm³/mol. The fourth-order valence-electron chi connectivity index (χ4n) is 3.98. The van der Waals surface area contributed by atoms with Gasteiger partial charge in [0.25, 0.3) is 5.91 Å². The number of hydrogen-bond acceptors (Lipinski definition) is 4. The normalized spacial score (nSPS) is 17.5. The van der Waals surface area contributed by atoms with E-state index in [4.69, 9.17) is 5.10 Å². The highest BCUT2D eigenvalue weighted by Crippen LogP contribution is 2.26. The van der Waals surface area contributed by atoms with Gasteiger partial charge < -0.3 is 4.90 Å². The van der Waals surface area contributed by atoms with Crippen LogP contribution in [0.5, 0.6) is 0 Å². The highest BCUT2D eigenvalue weighted by molar-refractivity contribution is 7.91.